The molecule has 5 atom stereocenters. The first-order valence-electron chi connectivity index (χ1n) is 16.6. The largest absolute Gasteiger partial charge is 0.363 e. The molecule has 5 amide bonds. The van der Waals surface area contributed by atoms with Crippen LogP contribution in [0.3, 0.4) is 0 Å². The number of carbonyl (C=O) groups is 5. The molecular formula is C32H53N5O7S. The summed E-state index contributed by atoms with van der Waals surface area (Å²) in [4.78, 5) is 67.8. The molecule has 5 N–H and O–H groups in total. The highest BCUT2D eigenvalue weighted by molar-refractivity contribution is 7.91. The zero-order valence-corrected chi connectivity index (χ0v) is 28.6. The summed E-state index contributed by atoms with van der Waals surface area (Å²) in [7, 11) is -3.38. The van der Waals surface area contributed by atoms with E-state index in [0.717, 1.165) is 38.5 Å². The lowest BCUT2D eigenvalue weighted by Gasteiger charge is -2.40. The van der Waals surface area contributed by atoms with Crippen LogP contribution in [0.15, 0.2) is 0 Å². The van der Waals surface area contributed by atoms with Crippen molar-refractivity contribution < 1.29 is 32.4 Å². The zero-order valence-electron chi connectivity index (χ0n) is 27.7. The molecule has 3 aliphatic carbocycles. The second-order valence-corrected chi connectivity index (χ2v) is 18.0. The molecule has 4 aliphatic rings. The van der Waals surface area contributed by atoms with Crippen LogP contribution < -0.4 is 21.7 Å². The van der Waals surface area contributed by atoms with E-state index in [4.69, 9.17) is 5.73 Å². The Morgan fingerprint density at radius 3 is 2.11 bits per heavy atom. The van der Waals surface area contributed by atoms with Gasteiger partial charge in [0.05, 0.1) is 17.3 Å². The fourth-order valence-electron chi connectivity index (χ4n) is 7.81. The Bertz CT molecular complexity index is 1300. The Balaban J connectivity index is 1.54. The van der Waals surface area contributed by atoms with E-state index in [1.54, 1.807) is 6.92 Å². The summed E-state index contributed by atoms with van der Waals surface area (Å²) in [6.07, 6.45) is 6.81. The molecule has 0 radical (unpaired) electrons. The quantitative estimate of drug-likeness (QED) is 0.233. The molecule has 3 unspecified atom stereocenters. The lowest BCUT2D eigenvalue weighted by molar-refractivity contribution is -0.145. The van der Waals surface area contributed by atoms with Crippen LogP contribution >= 0.6 is 0 Å². The lowest BCUT2D eigenvalue weighted by Crippen LogP contribution is -2.64. The maximum absolute atomic E-state index is 14.3. The highest BCUT2D eigenvalue weighted by Gasteiger charge is 2.70. The topological polar surface area (TPSA) is 185 Å². The predicted molar refractivity (Wildman–Crippen MR) is 169 cm³/mol. The van der Waals surface area contributed by atoms with Crippen molar-refractivity contribution in [1.82, 2.24) is 20.9 Å². The number of nitrogens with zero attached hydrogens (tertiary/aromatic N) is 1. The number of rotatable bonds is 12. The number of fused-ring (bicyclic) bond motifs is 1. The second kappa shape index (κ2) is 12.8. The van der Waals surface area contributed by atoms with Crippen LogP contribution in [0.25, 0.3) is 0 Å². The van der Waals surface area contributed by atoms with Crippen molar-refractivity contribution in [3.63, 3.8) is 0 Å². The Morgan fingerprint density at radius 2 is 1.60 bits per heavy atom. The average molecular weight is 652 g/mol. The monoisotopic (exact) mass is 651 g/mol. The fourth-order valence-corrected chi connectivity index (χ4v) is 9.22. The van der Waals surface area contributed by atoms with E-state index < -0.39 is 68.5 Å². The lowest BCUT2D eigenvalue weighted by atomic mass is 9.80. The molecule has 0 aromatic rings. The van der Waals surface area contributed by atoms with E-state index >= 15 is 0 Å². The molecule has 13 heteroatoms. The summed E-state index contributed by atoms with van der Waals surface area (Å²) < 4.78 is 25.2. The van der Waals surface area contributed by atoms with Gasteiger partial charge in [-0.15, -0.1) is 0 Å². The first-order chi connectivity index (χ1) is 20.8. The van der Waals surface area contributed by atoms with Crippen LogP contribution in [0.5, 0.6) is 0 Å². The maximum Gasteiger partial charge on any atom is 0.315 e. The van der Waals surface area contributed by atoms with Crippen LogP contribution in [0.1, 0.15) is 99.3 Å². The van der Waals surface area contributed by atoms with Gasteiger partial charge in [0.1, 0.15) is 12.1 Å². The van der Waals surface area contributed by atoms with Gasteiger partial charge in [0.25, 0.3) is 5.91 Å². The van der Waals surface area contributed by atoms with Crippen LogP contribution in [-0.2, 0) is 29.0 Å². The molecule has 0 aromatic heterocycles. The van der Waals surface area contributed by atoms with Crippen molar-refractivity contribution >= 4 is 39.4 Å². The number of carbonyl (C=O) groups excluding carboxylic acids is 5. The minimum atomic E-state index is -3.38. The molecule has 1 heterocycles. The highest BCUT2D eigenvalue weighted by atomic mass is 32.2. The minimum absolute atomic E-state index is 0.0230. The number of nitrogens with one attached hydrogen (secondary N) is 3. The van der Waals surface area contributed by atoms with Gasteiger partial charge < -0.3 is 26.6 Å². The first kappa shape index (κ1) is 35.2. The minimum Gasteiger partial charge on any atom is -0.363 e. The van der Waals surface area contributed by atoms with Crippen molar-refractivity contribution in [3.05, 3.63) is 0 Å². The van der Waals surface area contributed by atoms with Gasteiger partial charge in [-0.25, -0.2) is 13.2 Å². The number of nitrogens with two attached hydrogens (primary N) is 1. The number of primary amides is 1. The van der Waals surface area contributed by atoms with Crippen molar-refractivity contribution in [2.24, 2.45) is 34.3 Å². The Labute approximate surface area is 267 Å². The van der Waals surface area contributed by atoms with Gasteiger partial charge in [-0.2, -0.15) is 0 Å². The number of piperidine rings is 1. The van der Waals surface area contributed by atoms with Crippen LogP contribution in [0, 0.1) is 28.6 Å². The summed E-state index contributed by atoms with van der Waals surface area (Å²) in [5, 5.41) is 8.59. The third-order valence-electron chi connectivity index (χ3n) is 10.9. The molecule has 0 bridgehead atoms. The fraction of sp³-hybridized carbons (Fsp3) is 0.844. The molecule has 254 valence electrons. The van der Waals surface area contributed by atoms with Gasteiger partial charge in [-0.1, -0.05) is 80.1 Å². The van der Waals surface area contributed by atoms with E-state index in [0.29, 0.717) is 25.8 Å². The van der Waals surface area contributed by atoms with Crippen molar-refractivity contribution in [1.29, 1.82) is 0 Å². The molecule has 1 saturated heterocycles. The number of ketones is 1. The number of hydrogen-bond donors (Lipinski definition) is 4. The SMILES string of the molecule is CCS(=O)(=O)CC1(NC(=O)N[C@H](C(=O)N2CC3[C@H](C2C(=O)NC(CC2CCC2)C(=O)C(N)=O)C3(C)C)C(C)(C)C)CCCCC1. The normalized spacial score (nSPS) is 26.9. The van der Waals surface area contributed by atoms with Gasteiger partial charge >= 0.3 is 6.03 Å². The van der Waals surface area contributed by atoms with Gasteiger partial charge in [-0.05, 0) is 47.8 Å². The number of likely N-dealkylation sites (tertiary alicyclic amines) is 1. The molecule has 4 rings (SSSR count). The Hall–Kier alpha value is -2.70. The molecule has 3 saturated carbocycles. The van der Waals surface area contributed by atoms with Crippen LogP contribution in [-0.4, -0.2) is 84.6 Å². The summed E-state index contributed by atoms with van der Waals surface area (Å²) in [5.74, 6) is -2.90. The molecule has 1 aliphatic heterocycles. The number of hydrogen-bond acceptors (Lipinski definition) is 7. The molecule has 45 heavy (non-hydrogen) atoms. The Kier molecular flexibility index (Phi) is 10.0. The molecule has 4 fully saturated rings. The van der Waals surface area contributed by atoms with E-state index in [1.165, 1.54) is 4.90 Å². The second-order valence-electron chi connectivity index (χ2n) is 15.6. The summed E-state index contributed by atoms with van der Waals surface area (Å²) in [6.45, 7) is 11.5. The van der Waals surface area contributed by atoms with Crippen LogP contribution in [0.2, 0.25) is 0 Å². The molecular weight excluding hydrogens is 598 g/mol. The van der Waals surface area contributed by atoms with Gasteiger partial charge in [-0.3, -0.25) is 19.2 Å². The van der Waals surface area contributed by atoms with Crippen molar-refractivity contribution in [2.75, 3.05) is 18.1 Å². The third kappa shape index (κ3) is 7.65. The first-order valence-corrected chi connectivity index (χ1v) is 18.4. The molecule has 0 aromatic carbocycles. The maximum atomic E-state index is 14.3. The van der Waals surface area contributed by atoms with Gasteiger partial charge in [0.2, 0.25) is 17.6 Å². The predicted octanol–water partition coefficient (Wildman–Crippen LogP) is 2.05. The highest BCUT2D eigenvalue weighted by Crippen LogP contribution is 2.65. The Morgan fingerprint density at radius 1 is 0.978 bits per heavy atom. The summed E-state index contributed by atoms with van der Waals surface area (Å²) in [6, 6.07) is -3.56. The van der Waals surface area contributed by atoms with Crippen LogP contribution in [0.4, 0.5) is 4.79 Å². The van der Waals surface area contributed by atoms with E-state index in [-0.39, 0.29) is 34.7 Å². The molecule has 12 nitrogen and oxygen atoms in total. The van der Waals surface area contributed by atoms with E-state index in [1.807, 2.05) is 34.6 Å². The number of Topliss-reactive ketones (excluding diaryl/α,β-unsaturated/α-hetero) is 1. The summed E-state index contributed by atoms with van der Waals surface area (Å²) >= 11 is 0. The zero-order chi connectivity index (χ0) is 33.5. The van der Waals surface area contributed by atoms with Gasteiger partial charge in [0, 0.05) is 12.3 Å². The standard InChI is InChI=1S/C32H53N5O7S/c1-7-45(43,44)18-32(14-9-8-10-15-32)36-29(42)35-25(30(2,3)4)28(41)37-17-20-22(31(20,5)6)23(37)27(40)34-21(24(38)26(33)39)16-19-12-11-13-19/h19-23,25H,7-18H2,1-6H3,(H2,33,39)(H,34,40)(H2,35,36,42)/t20?,21?,22-,23?,25-/m1/s1. The summed E-state index contributed by atoms with van der Waals surface area (Å²) in [5.41, 5.74) is 3.47. The van der Waals surface area contributed by atoms with E-state index in [2.05, 4.69) is 16.0 Å². The van der Waals surface area contributed by atoms with E-state index in [9.17, 15) is 32.4 Å². The van der Waals surface area contributed by atoms with Crippen molar-refractivity contribution in [3.8, 4) is 0 Å². The van der Waals surface area contributed by atoms with Gasteiger partial charge in [0.15, 0.2) is 9.84 Å². The number of amides is 5. The molecule has 0 spiro atoms. The number of urea groups is 1. The third-order valence-corrected chi connectivity index (χ3v) is 12.8. The average Bonchev–Trinajstić information content (AvgIpc) is 3.24. The smallest absolute Gasteiger partial charge is 0.315 e. The number of sulfone groups is 1. The van der Waals surface area contributed by atoms with Crippen molar-refractivity contribution in [2.45, 2.75) is 123 Å².